The summed E-state index contributed by atoms with van der Waals surface area (Å²) in [4.78, 5) is 36.3. The maximum absolute atomic E-state index is 12.7. The highest BCUT2D eigenvalue weighted by Gasteiger charge is 2.24. The molecule has 6 rings (SSSR count). The van der Waals surface area contributed by atoms with E-state index in [9.17, 15) is 9.59 Å². The van der Waals surface area contributed by atoms with Crippen molar-refractivity contribution in [3.05, 3.63) is 52.4 Å². The fourth-order valence-corrected chi connectivity index (χ4v) is 5.16. The minimum Gasteiger partial charge on any atom is -0.440 e. The Morgan fingerprint density at radius 3 is 2.39 bits per heavy atom. The SMILES string of the molecule is CC.CC(=O)c1cc2cnc(Nc3ccc4c(=O)cc(N5CCOCC5)oc4c3)nc2n1C1CCCC1.CC(C)C. The Morgan fingerprint density at radius 1 is 1.05 bits per heavy atom. The van der Waals surface area contributed by atoms with Crippen molar-refractivity contribution < 1.29 is 13.9 Å². The van der Waals surface area contributed by atoms with Gasteiger partial charge in [-0.2, -0.15) is 4.98 Å². The van der Waals surface area contributed by atoms with Crippen LogP contribution in [0.3, 0.4) is 0 Å². The number of anilines is 3. The largest absolute Gasteiger partial charge is 0.440 e. The molecular weight excluding hydrogens is 518 g/mol. The van der Waals surface area contributed by atoms with E-state index in [4.69, 9.17) is 14.1 Å². The van der Waals surface area contributed by atoms with Crippen molar-refractivity contribution in [3.8, 4) is 0 Å². The molecule has 1 aliphatic carbocycles. The van der Waals surface area contributed by atoms with Crippen LogP contribution in [0.4, 0.5) is 17.5 Å². The van der Waals surface area contributed by atoms with Gasteiger partial charge in [-0.25, -0.2) is 4.98 Å². The molecule has 0 unspecified atom stereocenters. The number of ether oxygens (including phenoxy) is 1. The second-order valence-electron chi connectivity index (χ2n) is 11.0. The second kappa shape index (κ2) is 13.8. The van der Waals surface area contributed by atoms with E-state index in [0.717, 1.165) is 42.6 Å². The molecule has 4 aromatic rings. The predicted molar refractivity (Wildman–Crippen MR) is 166 cm³/mol. The second-order valence-corrected chi connectivity index (χ2v) is 11.0. The Bertz CT molecular complexity index is 1530. The summed E-state index contributed by atoms with van der Waals surface area (Å²) in [5, 5.41) is 4.62. The minimum atomic E-state index is -0.0804. The molecule has 0 amide bonds. The van der Waals surface area contributed by atoms with Crippen molar-refractivity contribution in [2.45, 2.75) is 73.3 Å². The number of nitrogens with one attached hydrogen (secondary N) is 1. The third kappa shape index (κ3) is 7.14. The van der Waals surface area contributed by atoms with Crippen LogP contribution in [0.25, 0.3) is 22.0 Å². The summed E-state index contributed by atoms with van der Waals surface area (Å²) in [6.07, 6.45) is 6.16. The molecule has 0 atom stereocenters. The van der Waals surface area contributed by atoms with Crippen LogP contribution >= 0.6 is 0 Å². The molecule has 1 aliphatic heterocycles. The lowest BCUT2D eigenvalue weighted by molar-refractivity contribution is 0.100. The van der Waals surface area contributed by atoms with Gasteiger partial charge in [0.05, 0.1) is 24.3 Å². The van der Waals surface area contributed by atoms with Crippen molar-refractivity contribution in [1.82, 2.24) is 14.5 Å². The fraction of sp³-hybridized carbons (Fsp3) is 0.500. The Hall–Kier alpha value is -3.72. The normalized spacial score (nSPS) is 15.4. The lowest BCUT2D eigenvalue weighted by Crippen LogP contribution is -2.36. The molecule has 9 nitrogen and oxygen atoms in total. The molecule has 220 valence electrons. The maximum atomic E-state index is 12.7. The molecule has 1 saturated carbocycles. The van der Waals surface area contributed by atoms with Crippen LogP contribution in [0.2, 0.25) is 0 Å². The van der Waals surface area contributed by atoms with Gasteiger partial charge in [0.2, 0.25) is 5.95 Å². The van der Waals surface area contributed by atoms with E-state index in [1.165, 1.54) is 0 Å². The predicted octanol–water partition coefficient (Wildman–Crippen LogP) is 7.12. The van der Waals surface area contributed by atoms with Crippen LogP contribution in [0.5, 0.6) is 0 Å². The molecule has 41 heavy (non-hydrogen) atoms. The highest BCUT2D eigenvalue weighted by atomic mass is 16.5. The molecule has 0 spiro atoms. The summed E-state index contributed by atoms with van der Waals surface area (Å²) >= 11 is 0. The molecule has 9 heteroatoms. The van der Waals surface area contributed by atoms with Crippen molar-refractivity contribution in [1.29, 1.82) is 0 Å². The third-order valence-corrected chi connectivity index (χ3v) is 6.92. The standard InChI is InChI=1S/C26H27N5O4.C4H10.C2H6/c1-16(32)21-12-17-15-27-26(29-25(17)31(21)19-4-2-3-5-19)28-18-6-7-20-22(33)14-24(35-23(20)13-18)30-8-10-34-11-9-30;1-4(2)3;1-2/h6-7,12-15,19H,2-5,8-11H2,1H3,(H,27,28,29);4H,1-3H3;1-2H3. The minimum absolute atomic E-state index is 0.0324. The monoisotopic (exact) mass is 561 g/mol. The van der Waals surface area contributed by atoms with Crippen LogP contribution in [0, 0.1) is 5.92 Å². The van der Waals surface area contributed by atoms with Crippen LogP contribution in [0.15, 0.2) is 45.7 Å². The van der Waals surface area contributed by atoms with Gasteiger partial charge < -0.3 is 23.9 Å². The maximum Gasteiger partial charge on any atom is 0.229 e. The molecule has 1 saturated heterocycles. The quantitative estimate of drug-likeness (QED) is 0.257. The number of carbonyl (C=O) groups excluding carboxylic acids is 1. The number of ketones is 1. The molecule has 0 radical (unpaired) electrons. The Morgan fingerprint density at radius 2 is 1.73 bits per heavy atom. The highest BCUT2D eigenvalue weighted by molar-refractivity contribution is 5.98. The average Bonchev–Trinajstić information content (AvgIpc) is 3.62. The Labute approximate surface area is 241 Å². The smallest absolute Gasteiger partial charge is 0.229 e. The number of hydrogen-bond donors (Lipinski definition) is 1. The first-order chi connectivity index (χ1) is 19.8. The summed E-state index contributed by atoms with van der Waals surface area (Å²) < 4.78 is 13.6. The number of aromatic nitrogens is 3. The van der Waals surface area contributed by atoms with Crippen molar-refractivity contribution in [3.63, 3.8) is 0 Å². The number of Topliss-reactive ketones (excluding diaryl/α,β-unsaturated/α-hetero) is 1. The Kier molecular flexibility index (Phi) is 10.2. The lowest BCUT2D eigenvalue weighted by Gasteiger charge is -2.27. The van der Waals surface area contributed by atoms with E-state index < -0.39 is 0 Å². The van der Waals surface area contributed by atoms with E-state index in [2.05, 4.69) is 35.6 Å². The first-order valence-corrected chi connectivity index (χ1v) is 14.9. The number of fused-ring (bicyclic) bond motifs is 2. The van der Waals surface area contributed by atoms with Gasteiger partial charge in [-0.15, -0.1) is 0 Å². The zero-order valence-corrected chi connectivity index (χ0v) is 25.2. The van der Waals surface area contributed by atoms with Gasteiger partial charge in [-0.3, -0.25) is 9.59 Å². The molecule has 2 aliphatic rings. The van der Waals surface area contributed by atoms with Gasteiger partial charge in [-0.05, 0) is 37.0 Å². The van der Waals surface area contributed by atoms with Gasteiger partial charge in [0.1, 0.15) is 11.2 Å². The molecule has 3 aromatic heterocycles. The number of rotatable bonds is 5. The molecule has 0 bridgehead atoms. The van der Waals surface area contributed by atoms with E-state index in [0.29, 0.717) is 60.5 Å². The van der Waals surface area contributed by atoms with Gasteiger partial charge in [0.25, 0.3) is 0 Å². The van der Waals surface area contributed by atoms with Crippen LogP contribution in [-0.4, -0.2) is 46.6 Å². The summed E-state index contributed by atoms with van der Waals surface area (Å²) in [6, 6.07) is 9.07. The topological polar surface area (TPSA) is 102 Å². The zero-order valence-electron chi connectivity index (χ0n) is 25.2. The van der Waals surface area contributed by atoms with Gasteiger partial charge >= 0.3 is 0 Å². The van der Waals surface area contributed by atoms with E-state index in [1.807, 2.05) is 30.9 Å². The number of carbonyl (C=O) groups is 1. The van der Waals surface area contributed by atoms with Crippen LogP contribution < -0.4 is 15.6 Å². The molecule has 2 fully saturated rings. The van der Waals surface area contributed by atoms with Crippen molar-refractivity contribution >= 4 is 45.3 Å². The van der Waals surface area contributed by atoms with E-state index >= 15 is 0 Å². The number of morpholine rings is 1. The Balaban J connectivity index is 0.000000596. The van der Waals surface area contributed by atoms with E-state index in [1.54, 1.807) is 31.3 Å². The zero-order chi connectivity index (χ0) is 29.5. The summed E-state index contributed by atoms with van der Waals surface area (Å²) in [5.41, 5.74) is 2.58. The van der Waals surface area contributed by atoms with Crippen LogP contribution in [0.1, 0.15) is 83.8 Å². The van der Waals surface area contributed by atoms with Gasteiger partial charge in [0.15, 0.2) is 17.1 Å². The number of benzene rings is 1. The lowest BCUT2D eigenvalue weighted by atomic mass is 10.2. The van der Waals surface area contributed by atoms with Crippen molar-refractivity contribution in [2.24, 2.45) is 5.92 Å². The average molecular weight is 562 g/mol. The summed E-state index contributed by atoms with van der Waals surface area (Å²) in [5.74, 6) is 1.84. The summed E-state index contributed by atoms with van der Waals surface area (Å²) in [7, 11) is 0. The van der Waals surface area contributed by atoms with E-state index in [-0.39, 0.29) is 17.3 Å². The van der Waals surface area contributed by atoms with Crippen molar-refractivity contribution in [2.75, 3.05) is 36.5 Å². The first kappa shape index (κ1) is 30.2. The molecular formula is C32H43N5O4. The van der Waals surface area contributed by atoms with Crippen LogP contribution in [-0.2, 0) is 4.74 Å². The fourth-order valence-electron chi connectivity index (χ4n) is 5.16. The number of hydrogen-bond acceptors (Lipinski definition) is 8. The molecule has 1 aromatic carbocycles. The van der Waals surface area contributed by atoms with Gasteiger partial charge in [0, 0.05) is 55.5 Å². The van der Waals surface area contributed by atoms with Gasteiger partial charge in [-0.1, -0.05) is 47.5 Å². The molecule has 1 N–H and O–H groups in total. The number of nitrogens with zero attached hydrogens (tertiary/aromatic N) is 4. The third-order valence-electron chi connectivity index (χ3n) is 6.92. The highest BCUT2D eigenvalue weighted by Crippen LogP contribution is 2.35. The summed E-state index contributed by atoms with van der Waals surface area (Å²) in [6.45, 7) is 14.7. The first-order valence-electron chi connectivity index (χ1n) is 14.9. The molecule has 4 heterocycles.